The van der Waals surface area contributed by atoms with Crippen LogP contribution in [0.2, 0.25) is 0 Å². The lowest BCUT2D eigenvalue weighted by atomic mass is 10.1. The second-order valence-corrected chi connectivity index (χ2v) is 2.82. The second kappa shape index (κ2) is 2.32. The highest BCUT2D eigenvalue weighted by atomic mass is 19.1. The van der Waals surface area contributed by atoms with Crippen LogP contribution in [0, 0.1) is 0 Å². The fraction of sp³-hybridized carbons (Fsp3) is 0.714. The Morgan fingerprint density at radius 2 is 2.40 bits per heavy atom. The Morgan fingerprint density at radius 3 is 3.20 bits per heavy atom. The summed E-state index contributed by atoms with van der Waals surface area (Å²) in [5.41, 5.74) is 0.950. The van der Waals surface area contributed by atoms with Gasteiger partial charge in [0.25, 0.3) is 0 Å². The average molecular weight is 142 g/mol. The average Bonchev–Trinajstić information content (AvgIpc) is 2.36. The van der Waals surface area contributed by atoms with Crippen molar-refractivity contribution in [2.24, 2.45) is 0 Å². The first kappa shape index (κ1) is 6.31. The standard InChI is InChI=1S/C7H11FN2/c8-6-1-2-10-7-4-9-3-5(6)7/h7,9-10H,1-4H2. The molecule has 2 nitrogen and oxygen atoms in total. The Kier molecular flexibility index (Phi) is 1.47. The number of halogens is 1. The first-order valence-corrected chi connectivity index (χ1v) is 3.69. The number of nitrogens with one attached hydrogen (secondary N) is 2. The van der Waals surface area contributed by atoms with Crippen molar-refractivity contribution in [2.45, 2.75) is 12.5 Å². The molecule has 2 heterocycles. The van der Waals surface area contributed by atoms with Crippen molar-refractivity contribution in [2.75, 3.05) is 19.6 Å². The molecular weight excluding hydrogens is 131 g/mol. The molecule has 3 heteroatoms. The van der Waals surface area contributed by atoms with E-state index in [1.807, 2.05) is 0 Å². The lowest BCUT2D eigenvalue weighted by molar-refractivity contribution is 0.483. The van der Waals surface area contributed by atoms with E-state index in [4.69, 9.17) is 0 Å². The summed E-state index contributed by atoms with van der Waals surface area (Å²) in [4.78, 5) is 0. The van der Waals surface area contributed by atoms with Gasteiger partial charge in [0.05, 0.1) is 0 Å². The number of fused-ring (bicyclic) bond motifs is 1. The maximum absolute atomic E-state index is 12.9. The Bertz CT molecular complexity index is 176. The molecule has 0 aromatic heterocycles. The number of rotatable bonds is 0. The first-order chi connectivity index (χ1) is 4.88. The van der Waals surface area contributed by atoms with Crippen molar-refractivity contribution >= 4 is 0 Å². The van der Waals surface area contributed by atoms with Gasteiger partial charge in [-0.25, -0.2) is 4.39 Å². The molecule has 0 aliphatic carbocycles. The summed E-state index contributed by atoms with van der Waals surface area (Å²) in [6.07, 6.45) is 0.577. The molecule has 56 valence electrons. The van der Waals surface area contributed by atoms with E-state index in [1.165, 1.54) is 0 Å². The van der Waals surface area contributed by atoms with Crippen molar-refractivity contribution in [3.8, 4) is 0 Å². The van der Waals surface area contributed by atoms with E-state index in [-0.39, 0.29) is 11.9 Å². The molecule has 0 saturated carbocycles. The van der Waals surface area contributed by atoms with Crippen LogP contribution in [0.4, 0.5) is 4.39 Å². The molecule has 0 aromatic carbocycles. The Morgan fingerprint density at radius 1 is 1.50 bits per heavy atom. The zero-order valence-corrected chi connectivity index (χ0v) is 5.78. The lowest BCUT2D eigenvalue weighted by Crippen LogP contribution is -2.36. The van der Waals surface area contributed by atoms with Crippen LogP contribution in [0.15, 0.2) is 11.4 Å². The van der Waals surface area contributed by atoms with Crippen molar-refractivity contribution in [1.82, 2.24) is 10.6 Å². The molecule has 2 aliphatic rings. The quantitative estimate of drug-likeness (QED) is 0.504. The van der Waals surface area contributed by atoms with Gasteiger partial charge in [0.15, 0.2) is 0 Å². The van der Waals surface area contributed by atoms with Crippen molar-refractivity contribution in [3.05, 3.63) is 11.4 Å². The topological polar surface area (TPSA) is 24.1 Å². The molecule has 2 rings (SSSR count). The lowest BCUT2D eigenvalue weighted by Gasteiger charge is -2.19. The van der Waals surface area contributed by atoms with Gasteiger partial charge in [-0.3, -0.25) is 0 Å². The van der Waals surface area contributed by atoms with Crippen molar-refractivity contribution in [3.63, 3.8) is 0 Å². The smallest absolute Gasteiger partial charge is 0.103 e. The molecule has 0 aromatic rings. The summed E-state index contributed by atoms with van der Waals surface area (Å²) in [5, 5.41) is 6.39. The van der Waals surface area contributed by atoms with Gasteiger partial charge in [0.2, 0.25) is 0 Å². The molecule has 1 fully saturated rings. The van der Waals surface area contributed by atoms with E-state index in [0.717, 1.165) is 25.2 Å². The van der Waals surface area contributed by atoms with Crippen molar-refractivity contribution < 1.29 is 4.39 Å². The van der Waals surface area contributed by atoms with Gasteiger partial charge in [-0.2, -0.15) is 0 Å². The fourth-order valence-electron chi connectivity index (χ4n) is 1.59. The Balaban J connectivity index is 2.25. The maximum Gasteiger partial charge on any atom is 0.103 e. The van der Waals surface area contributed by atoms with Gasteiger partial charge in [-0.05, 0) is 5.57 Å². The van der Waals surface area contributed by atoms with E-state index in [9.17, 15) is 4.39 Å². The Hall–Kier alpha value is -0.410. The molecule has 0 bridgehead atoms. The van der Waals surface area contributed by atoms with E-state index in [2.05, 4.69) is 10.6 Å². The predicted molar refractivity (Wildman–Crippen MR) is 37.4 cm³/mol. The summed E-state index contributed by atoms with van der Waals surface area (Å²) in [6, 6.07) is 0.286. The summed E-state index contributed by atoms with van der Waals surface area (Å²) >= 11 is 0. The molecule has 0 amide bonds. The van der Waals surface area contributed by atoms with E-state index < -0.39 is 0 Å². The minimum absolute atomic E-state index is 0.105. The fourth-order valence-corrected chi connectivity index (χ4v) is 1.59. The van der Waals surface area contributed by atoms with Crippen LogP contribution < -0.4 is 10.6 Å². The zero-order chi connectivity index (χ0) is 6.97. The highest BCUT2D eigenvalue weighted by Crippen LogP contribution is 2.20. The van der Waals surface area contributed by atoms with Crippen LogP contribution in [0.3, 0.4) is 0 Å². The molecule has 0 radical (unpaired) electrons. The van der Waals surface area contributed by atoms with E-state index in [1.54, 1.807) is 0 Å². The summed E-state index contributed by atoms with van der Waals surface area (Å²) in [6.45, 7) is 2.42. The van der Waals surface area contributed by atoms with E-state index >= 15 is 0 Å². The number of hydrogen-bond donors (Lipinski definition) is 2. The van der Waals surface area contributed by atoms with E-state index in [0.29, 0.717) is 6.42 Å². The monoisotopic (exact) mass is 142 g/mol. The summed E-state index contributed by atoms with van der Waals surface area (Å²) in [5.74, 6) is 0.105. The molecule has 1 atom stereocenters. The molecule has 1 unspecified atom stereocenters. The molecule has 1 saturated heterocycles. The highest BCUT2D eigenvalue weighted by molar-refractivity contribution is 5.24. The first-order valence-electron chi connectivity index (χ1n) is 3.69. The number of hydrogen-bond acceptors (Lipinski definition) is 2. The predicted octanol–water partition coefficient (Wildman–Crippen LogP) is 0.175. The van der Waals surface area contributed by atoms with Gasteiger partial charge >= 0.3 is 0 Å². The third kappa shape index (κ3) is 0.859. The van der Waals surface area contributed by atoms with Crippen molar-refractivity contribution in [1.29, 1.82) is 0 Å². The Labute approximate surface area is 59.5 Å². The van der Waals surface area contributed by atoms with Gasteiger partial charge in [0.1, 0.15) is 5.83 Å². The maximum atomic E-state index is 12.9. The van der Waals surface area contributed by atoms with Crippen LogP contribution >= 0.6 is 0 Å². The van der Waals surface area contributed by atoms with Crippen LogP contribution in [0.5, 0.6) is 0 Å². The van der Waals surface area contributed by atoms with Crippen LogP contribution in [0.1, 0.15) is 6.42 Å². The zero-order valence-electron chi connectivity index (χ0n) is 5.78. The molecule has 0 spiro atoms. The SMILES string of the molecule is FC1=C2CNCC2NCC1. The van der Waals surface area contributed by atoms with Crippen LogP contribution in [0.25, 0.3) is 0 Å². The summed E-state index contributed by atoms with van der Waals surface area (Å²) in [7, 11) is 0. The largest absolute Gasteiger partial charge is 0.311 e. The van der Waals surface area contributed by atoms with Gasteiger partial charge < -0.3 is 10.6 Å². The molecule has 2 aliphatic heterocycles. The molecule has 2 N–H and O–H groups in total. The van der Waals surface area contributed by atoms with Gasteiger partial charge in [-0.1, -0.05) is 0 Å². The third-order valence-corrected chi connectivity index (χ3v) is 2.17. The summed E-state index contributed by atoms with van der Waals surface area (Å²) < 4.78 is 12.9. The van der Waals surface area contributed by atoms with Gasteiger partial charge in [0, 0.05) is 32.1 Å². The minimum atomic E-state index is 0.105. The molecular formula is C7H11FN2. The highest BCUT2D eigenvalue weighted by Gasteiger charge is 2.26. The second-order valence-electron chi connectivity index (χ2n) is 2.82. The molecule has 10 heavy (non-hydrogen) atoms. The van der Waals surface area contributed by atoms with Crippen LogP contribution in [-0.4, -0.2) is 25.7 Å². The van der Waals surface area contributed by atoms with Gasteiger partial charge in [-0.15, -0.1) is 0 Å². The third-order valence-electron chi connectivity index (χ3n) is 2.17. The minimum Gasteiger partial charge on any atom is -0.311 e. The van der Waals surface area contributed by atoms with Crippen LogP contribution in [-0.2, 0) is 0 Å². The normalized spacial score (nSPS) is 32.7.